The van der Waals surface area contributed by atoms with Crippen molar-refractivity contribution < 1.29 is 19.1 Å². The van der Waals surface area contributed by atoms with Crippen LogP contribution in [0.1, 0.15) is 6.42 Å². The molecule has 23 heavy (non-hydrogen) atoms. The monoisotopic (exact) mass is 317 g/mol. The van der Waals surface area contributed by atoms with E-state index in [1.807, 2.05) is 7.05 Å². The number of benzene rings is 1. The second-order valence-corrected chi connectivity index (χ2v) is 6.32. The maximum atomic E-state index is 12.5. The third-order valence-corrected chi connectivity index (χ3v) is 4.88. The number of rotatable bonds is 1. The Morgan fingerprint density at radius 3 is 2.96 bits per heavy atom. The van der Waals surface area contributed by atoms with Crippen LogP contribution in [0.25, 0.3) is 0 Å². The molecule has 0 aliphatic carbocycles. The van der Waals surface area contributed by atoms with Crippen LogP contribution in [-0.2, 0) is 4.79 Å². The summed E-state index contributed by atoms with van der Waals surface area (Å²) in [6, 6.07) is 5.14. The maximum absolute atomic E-state index is 12.5. The standard InChI is InChI=1S/C16H19N3O4/c1-18-5-4-10-7-19(8-12(10)15(18)20)16(21)17-11-2-3-13-14(6-11)23-9-22-13/h2-3,6,10,12H,4-5,7-9H2,1H3,(H,17,21)/t10-,12+/m1/s1. The number of amides is 3. The molecule has 4 rings (SSSR count). The van der Waals surface area contributed by atoms with Gasteiger partial charge in [0.25, 0.3) is 0 Å². The molecular formula is C16H19N3O4. The van der Waals surface area contributed by atoms with Gasteiger partial charge in [0.1, 0.15) is 0 Å². The number of hydrogen-bond acceptors (Lipinski definition) is 4. The van der Waals surface area contributed by atoms with Gasteiger partial charge in [-0.3, -0.25) is 4.79 Å². The van der Waals surface area contributed by atoms with E-state index in [1.165, 1.54) is 0 Å². The maximum Gasteiger partial charge on any atom is 0.321 e. The molecule has 1 aromatic carbocycles. The molecule has 1 aromatic rings. The lowest BCUT2D eigenvalue weighted by atomic mass is 9.88. The first kappa shape index (κ1) is 14.2. The zero-order valence-corrected chi connectivity index (χ0v) is 12.9. The summed E-state index contributed by atoms with van der Waals surface area (Å²) < 4.78 is 10.6. The number of anilines is 1. The predicted octanol–water partition coefficient (Wildman–Crippen LogP) is 1.36. The van der Waals surface area contributed by atoms with Crippen molar-refractivity contribution in [3.8, 4) is 11.5 Å². The highest BCUT2D eigenvalue weighted by atomic mass is 16.7. The van der Waals surface area contributed by atoms with Gasteiger partial charge in [0.05, 0.1) is 5.92 Å². The van der Waals surface area contributed by atoms with Gasteiger partial charge in [0.2, 0.25) is 12.7 Å². The Bertz CT molecular complexity index is 663. The van der Waals surface area contributed by atoms with Crippen molar-refractivity contribution >= 4 is 17.6 Å². The van der Waals surface area contributed by atoms with E-state index in [2.05, 4.69) is 5.32 Å². The van der Waals surface area contributed by atoms with Gasteiger partial charge in [0.15, 0.2) is 11.5 Å². The van der Waals surface area contributed by atoms with Crippen molar-refractivity contribution in [2.45, 2.75) is 6.42 Å². The van der Waals surface area contributed by atoms with Gasteiger partial charge in [-0.2, -0.15) is 0 Å². The van der Waals surface area contributed by atoms with Gasteiger partial charge in [-0.1, -0.05) is 0 Å². The van der Waals surface area contributed by atoms with E-state index in [9.17, 15) is 9.59 Å². The topological polar surface area (TPSA) is 71.1 Å². The number of hydrogen-bond donors (Lipinski definition) is 1. The van der Waals surface area contributed by atoms with Crippen LogP contribution in [0.5, 0.6) is 11.5 Å². The quantitative estimate of drug-likeness (QED) is 0.849. The summed E-state index contributed by atoms with van der Waals surface area (Å²) in [5.74, 6) is 1.69. The second kappa shape index (κ2) is 5.33. The van der Waals surface area contributed by atoms with Crippen molar-refractivity contribution in [1.82, 2.24) is 9.80 Å². The zero-order valence-electron chi connectivity index (χ0n) is 12.9. The summed E-state index contributed by atoms with van der Waals surface area (Å²) in [6.07, 6.45) is 0.959. The van der Waals surface area contributed by atoms with E-state index >= 15 is 0 Å². The number of urea groups is 1. The smallest absolute Gasteiger partial charge is 0.321 e. The first-order chi connectivity index (χ1) is 11.1. The summed E-state index contributed by atoms with van der Waals surface area (Å²) >= 11 is 0. The summed E-state index contributed by atoms with van der Waals surface area (Å²) in [6.45, 7) is 2.11. The van der Waals surface area contributed by atoms with Crippen molar-refractivity contribution in [1.29, 1.82) is 0 Å². The largest absolute Gasteiger partial charge is 0.454 e. The van der Waals surface area contributed by atoms with Crippen LogP contribution in [0.15, 0.2) is 18.2 Å². The number of ether oxygens (including phenoxy) is 2. The number of piperidine rings is 1. The summed E-state index contributed by atoms with van der Waals surface area (Å²) in [4.78, 5) is 28.2. The predicted molar refractivity (Wildman–Crippen MR) is 82.4 cm³/mol. The van der Waals surface area contributed by atoms with Crippen LogP contribution in [0, 0.1) is 11.8 Å². The van der Waals surface area contributed by atoms with Crippen molar-refractivity contribution in [3.63, 3.8) is 0 Å². The van der Waals surface area contributed by atoms with E-state index in [4.69, 9.17) is 9.47 Å². The lowest BCUT2D eigenvalue weighted by Crippen LogP contribution is -2.42. The van der Waals surface area contributed by atoms with Gasteiger partial charge in [-0.15, -0.1) is 0 Å². The summed E-state index contributed by atoms with van der Waals surface area (Å²) in [7, 11) is 1.83. The molecule has 7 heteroatoms. The highest BCUT2D eigenvalue weighted by molar-refractivity contribution is 5.91. The van der Waals surface area contributed by atoms with Gasteiger partial charge >= 0.3 is 6.03 Å². The molecule has 0 unspecified atom stereocenters. The molecule has 2 saturated heterocycles. The fourth-order valence-corrected chi connectivity index (χ4v) is 3.54. The SMILES string of the molecule is CN1CC[C@@H]2CN(C(=O)Nc3ccc4c(c3)OCO4)C[C@@H]2C1=O. The first-order valence-electron chi connectivity index (χ1n) is 7.82. The number of carbonyl (C=O) groups excluding carboxylic acids is 2. The van der Waals surface area contributed by atoms with Crippen LogP contribution in [-0.4, -0.2) is 55.2 Å². The van der Waals surface area contributed by atoms with Crippen molar-refractivity contribution in [2.24, 2.45) is 11.8 Å². The Kier molecular flexibility index (Phi) is 3.28. The minimum Gasteiger partial charge on any atom is -0.454 e. The van der Waals surface area contributed by atoms with E-state index in [1.54, 1.807) is 28.0 Å². The summed E-state index contributed by atoms with van der Waals surface area (Å²) in [5.41, 5.74) is 0.664. The fourth-order valence-electron chi connectivity index (χ4n) is 3.54. The number of nitrogens with one attached hydrogen (secondary N) is 1. The number of nitrogens with zero attached hydrogens (tertiary/aromatic N) is 2. The van der Waals surface area contributed by atoms with Crippen molar-refractivity contribution in [3.05, 3.63) is 18.2 Å². The molecule has 0 bridgehead atoms. The Morgan fingerprint density at radius 2 is 2.09 bits per heavy atom. The molecule has 0 radical (unpaired) electrons. The Balaban J connectivity index is 1.43. The van der Waals surface area contributed by atoms with E-state index in [0.29, 0.717) is 30.3 Å². The molecule has 3 aliphatic heterocycles. The molecule has 3 aliphatic rings. The Hall–Kier alpha value is -2.44. The van der Waals surface area contributed by atoms with E-state index in [-0.39, 0.29) is 30.6 Å². The fraction of sp³-hybridized carbons (Fsp3) is 0.500. The molecule has 122 valence electrons. The minimum absolute atomic E-state index is 0.0590. The molecule has 3 amide bonds. The molecule has 7 nitrogen and oxygen atoms in total. The van der Waals surface area contributed by atoms with E-state index < -0.39 is 0 Å². The molecule has 0 spiro atoms. The number of fused-ring (bicyclic) bond motifs is 2. The number of likely N-dealkylation sites (tertiary alicyclic amines) is 2. The average Bonchev–Trinajstić information content (AvgIpc) is 3.17. The molecule has 0 aromatic heterocycles. The second-order valence-electron chi connectivity index (χ2n) is 6.32. The minimum atomic E-state index is -0.172. The van der Waals surface area contributed by atoms with Gasteiger partial charge in [-0.25, -0.2) is 4.79 Å². The Morgan fingerprint density at radius 1 is 1.26 bits per heavy atom. The van der Waals surface area contributed by atoms with Gasteiger partial charge in [0, 0.05) is 38.4 Å². The summed E-state index contributed by atoms with van der Waals surface area (Å²) in [5, 5.41) is 2.88. The lowest BCUT2D eigenvalue weighted by Gasteiger charge is -2.30. The molecule has 1 N–H and O–H groups in total. The Labute approximate surface area is 134 Å². The average molecular weight is 317 g/mol. The molecule has 2 fully saturated rings. The van der Waals surface area contributed by atoms with E-state index in [0.717, 1.165) is 13.0 Å². The van der Waals surface area contributed by atoms with Crippen LogP contribution in [0.3, 0.4) is 0 Å². The third kappa shape index (κ3) is 2.46. The molecule has 0 saturated carbocycles. The number of carbonyl (C=O) groups is 2. The highest BCUT2D eigenvalue weighted by Crippen LogP contribution is 2.35. The normalized spacial score (nSPS) is 25.5. The van der Waals surface area contributed by atoms with Crippen LogP contribution >= 0.6 is 0 Å². The molecule has 3 heterocycles. The van der Waals surface area contributed by atoms with Crippen LogP contribution < -0.4 is 14.8 Å². The lowest BCUT2D eigenvalue weighted by molar-refractivity contribution is -0.137. The molecular weight excluding hydrogens is 298 g/mol. The van der Waals surface area contributed by atoms with Crippen molar-refractivity contribution in [2.75, 3.05) is 38.8 Å². The van der Waals surface area contributed by atoms with Crippen LogP contribution in [0.2, 0.25) is 0 Å². The van der Waals surface area contributed by atoms with Crippen LogP contribution in [0.4, 0.5) is 10.5 Å². The highest BCUT2D eigenvalue weighted by Gasteiger charge is 2.43. The van der Waals surface area contributed by atoms with Gasteiger partial charge in [-0.05, 0) is 24.5 Å². The molecule has 2 atom stereocenters. The zero-order chi connectivity index (χ0) is 16.0. The van der Waals surface area contributed by atoms with Gasteiger partial charge < -0.3 is 24.6 Å². The third-order valence-electron chi connectivity index (χ3n) is 4.88. The first-order valence-corrected chi connectivity index (χ1v) is 7.82.